The molecule has 0 aromatic carbocycles. The highest BCUT2D eigenvalue weighted by molar-refractivity contribution is 7.88. The van der Waals surface area contributed by atoms with Crippen molar-refractivity contribution < 1.29 is 17.9 Å². The summed E-state index contributed by atoms with van der Waals surface area (Å²) in [4.78, 5) is 18.2. The maximum absolute atomic E-state index is 12.4. The predicted molar refractivity (Wildman–Crippen MR) is 82.3 cm³/mol. The van der Waals surface area contributed by atoms with E-state index in [2.05, 4.69) is 4.98 Å². The van der Waals surface area contributed by atoms with Crippen LogP contribution in [0.25, 0.3) is 0 Å². The van der Waals surface area contributed by atoms with Crippen molar-refractivity contribution in [2.75, 3.05) is 32.5 Å². The molecule has 7 nitrogen and oxygen atoms in total. The van der Waals surface area contributed by atoms with E-state index in [0.717, 1.165) is 0 Å². The first-order valence-electron chi connectivity index (χ1n) is 7.22. The number of carbonyl (C=O) groups is 1. The third-order valence-electron chi connectivity index (χ3n) is 4.19. The first-order valence-corrected chi connectivity index (χ1v) is 10.0. The molecule has 1 aromatic heterocycles. The highest BCUT2D eigenvalue weighted by Crippen LogP contribution is 2.26. The molecule has 2 fully saturated rings. The van der Waals surface area contributed by atoms with E-state index in [1.54, 1.807) is 15.8 Å². The number of sulfonamides is 1. The van der Waals surface area contributed by atoms with E-state index in [0.29, 0.717) is 44.8 Å². The van der Waals surface area contributed by atoms with Gasteiger partial charge in [0.15, 0.2) is 0 Å². The van der Waals surface area contributed by atoms with Crippen LogP contribution >= 0.6 is 11.3 Å². The Hall–Kier alpha value is -1.03. The van der Waals surface area contributed by atoms with E-state index in [9.17, 15) is 13.2 Å². The molecule has 0 aliphatic carbocycles. The van der Waals surface area contributed by atoms with Gasteiger partial charge >= 0.3 is 0 Å². The Morgan fingerprint density at radius 3 is 2.82 bits per heavy atom. The van der Waals surface area contributed by atoms with Crippen LogP contribution in [0.15, 0.2) is 10.9 Å². The lowest BCUT2D eigenvalue weighted by Gasteiger charge is -2.38. The second kappa shape index (κ2) is 6.23. The first-order chi connectivity index (χ1) is 10.5. The monoisotopic (exact) mass is 345 g/mol. The van der Waals surface area contributed by atoms with Crippen LogP contribution in [0.1, 0.15) is 23.3 Å². The summed E-state index contributed by atoms with van der Waals surface area (Å²) in [5, 5.41) is 1.74. The summed E-state index contributed by atoms with van der Waals surface area (Å²) >= 11 is 1.39. The minimum Gasteiger partial charge on any atom is -0.375 e. The number of aromatic nitrogens is 1. The van der Waals surface area contributed by atoms with Gasteiger partial charge in [-0.15, -0.1) is 11.3 Å². The number of amides is 1. The van der Waals surface area contributed by atoms with Gasteiger partial charge in [0.05, 0.1) is 30.5 Å². The largest absolute Gasteiger partial charge is 0.375 e. The van der Waals surface area contributed by atoms with Crippen LogP contribution in [-0.4, -0.2) is 73.2 Å². The van der Waals surface area contributed by atoms with Crippen LogP contribution in [0.5, 0.6) is 0 Å². The highest BCUT2D eigenvalue weighted by Gasteiger charge is 2.39. The number of ether oxygens (including phenoxy) is 1. The third-order valence-corrected chi connectivity index (χ3v) is 6.08. The zero-order valence-corrected chi connectivity index (χ0v) is 14.0. The minimum atomic E-state index is -3.25. The minimum absolute atomic E-state index is 0.0918. The molecule has 1 amide bonds. The Morgan fingerprint density at radius 2 is 2.14 bits per heavy atom. The Bertz CT molecular complexity index is 632. The fraction of sp³-hybridized carbons (Fsp3) is 0.692. The summed E-state index contributed by atoms with van der Waals surface area (Å²) in [6.45, 7) is 1.89. The van der Waals surface area contributed by atoms with Gasteiger partial charge in [0.2, 0.25) is 10.0 Å². The fourth-order valence-electron chi connectivity index (χ4n) is 3.14. The van der Waals surface area contributed by atoms with Gasteiger partial charge in [0.25, 0.3) is 5.91 Å². The van der Waals surface area contributed by atoms with Crippen molar-refractivity contribution in [2.24, 2.45) is 0 Å². The number of carbonyl (C=O) groups excluding carboxylic acids is 1. The van der Waals surface area contributed by atoms with E-state index in [4.69, 9.17) is 4.74 Å². The van der Waals surface area contributed by atoms with Crippen LogP contribution in [0.3, 0.4) is 0 Å². The SMILES string of the molecule is CS(=O)(=O)N1CCO[C@H]2CCN(C(=O)c3cscn3)CC[C@@H]21. The number of hydrogen-bond donors (Lipinski definition) is 0. The molecule has 0 unspecified atom stereocenters. The maximum Gasteiger partial charge on any atom is 0.273 e. The van der Waals surface area contributed by atoms with E-state index < -0.39 is 10.0 Å². The number of nitrogens with zero attached hydrogens (tertiary/aromatic N) is 3. The average Bonchev–Trinajstić information content (AvgIpc) is 2.92. The lowest BCUT2D eigenvalue weighted by atomic mass is 10.0. The number of thiazole rings is 1. The average molecular weight is 345 g/mol. The molecule has 0 N–H and O–H groups in total. The molecule has 2 aliphatic rings. The van der Waals surface area contributed by atoms with E-state index >= 15 is 0 Å². The molecule has 2 aliphatic heterocycles. The first kappa shape index (κ1) is 15.9. The zero-order valence-electron chi connectivity index (χ0n) is 12.3. The lowest BCUT2D eigenvalue weighted by molar-refractivity contribution is -0.0406. The summed E-state index contributed by atoms with van der Waals surface area (Å²) in [5.41, 5.74) is 2.09. The van der Waals surface area contributed by atoms with Crippen molar-refractivity contribution in [1.82, 2.24) is 14.2 Å². The maximum atomic E-state index is 12.4. The molecule has 0 spiro atoms. The molecule has 1 aromatic rings. The highest BCUT2D eigenvalue weighted by atomic mass is 32.2. The second-order valence-electron chi connectivity index (χ2n) is 5.59. The van der Waals surface area contributed by atoms with Crippen molar-refractivity contribution in [1.29, 1.82) is 0 Å². The van der Waals surface area contributed by atoms with Crippen molar-refractivity contribution >= 4 is 27.3 Å². The molecule has 2 atom stereocenters. The molecule has 0 bridgehead atoms. The molecule has 3 heterocycles. The van der Waals surface area contributed by atoms with Gasteiger partial charge in [0, 0.05) is 25.0 Å². The number of likely N-dealkylation sites (tertiary alicyclic amines) is 1. The summed E-state index contributed by atoms with van der Waals surface area (Å²) in [5.74, 6) is -0.0918. The van der Waals surface area contributed by atoms with Gasteiger partial charge in [-0.25, -0.2) is 13.4 Å². The van der Waals surface area contributed by atoms with Crippen LogP contribution in [0.4, 0.5) is 0 Å². The van der Waals surface area contributed by atoms with Crippen LogP contribution < -0.4 is 0 Å². The van der Waals surface area contributed by atoms with Crippen LogP contribution in [0.2, 0.25) is 0 Å². The Morgan fingerprint density at radius 1 is 1.36 bits per heavy atom. The molecule has 0 radical (unpaired) electrons. The number of hydrogen-bond acceptors (Lipinski definition) is 6. The van der Waals surface area contributed by atoms with E-state index in [1.807, 2.05) is 0 Å². The summed E-state index contributed by atoms with van der Waals surface area (Å²) in [6.07, 6.45) is 2.33. The third kappa shape index (κ3) is 3.17. The zero-order chi connectivity index (χ0) is 15.7. The van der Waals surface area contributed by atoms with Gasteiger partial charge in [-0.05, 0) is 12.8 Å². The molecule has 122 valence electrons. The van der Waals surface area contributed by atoms with Crippen molar-refractivity contribution in [3.05, 3.63) is 16.6 Å². The molecular weight excluding hydrogens is 326 g/mol. The molecule has 9 heteroatoms. The molecule has 3 rings (SSSR count). The van der Waals surface area contributed by atoms with Gasteiger partial charge in [-0.3, -0.25) is 4.79 Å². The molecular formula is C13H19N3O4S2. The van der Waals surface area contributed by atoms with Gasteiger partial charge in [-0.2, -0.15) is 4.31 Å². The Balaban J connectivity index is 1.75. The summed E-state index contributed by atoms with van der Waals surface area (Å²) in [7, 11) is -3.25. The van der Waals surface area contributed by atoms with E-state index in [1.165, 1.54) is 21.9 Å². The second-order valence-corrected chi connectivity index (χ2v) is 8.25. The quantitative estimate of drug-likeness (QED) is 0.775. The number of fused-ring (bicyclic) bond motifs is 1. The Labute approximate surface area is 133 Å². The summed E-state index contributed by atoms with van der Waals surface area (Å²) in [6, 6.07) is -0.183. The fourth-order valence-corrected chi connectivity index (χ4v) is 4.81. The topological polar surface area (TPSA) is 79.8 Å². The molecule has 0 saturated carbocycles. The van der Waals surface area contributed by atoms with Gasteiger partial charge in [-0.1, -0.05) is 0 Å². The predicted octanol–water partition coefficient (Wildman–Crippen LogP) is 0.408. The smallest absolute Gasteiger partial charge is 0.273 e. The van der Waals surface area contributed by atoms with Gasteiger partial charge in [0.1, 0.15) is 5.69 Å². The standard InChI is InChI=1S/C13H19N3O4S2/c1-22(18,19)16-6-7-20-12-3-5-15(4-2-11(12)16)13(17)10-8-21-9-14-10/h8-9,11-12H,2-7H2,1H3/t11-,12-/m0/s1. The molecule has 22 heavy (non-hydrogen) atoms. The normalized spacial score (nSPS) is 27.2. The Kier molecular flexibility index (Phi) is 4.49. The van der Waals surface area contributed by atoms with Crippen LogP contribution in [0, 0.1) is 0 Å². The number of rotatable bonds is 2. The van der Waals surface area contributed by atoms with Crippen molar-refractivity contribution in [2.45, 2.75) is 25.0 Å². The molecule has 2 saturated heterocycles. The van der Waals surface area contributed by atoms with E-state index in [-0.39, 0.29) is 18.1 Å². The number of morpholine rings is 1. The van der Waals surface area contributed by atoms with Gasteiger partial charge < -0.3 is 9.64 Å². The van der Waals surface area contributed by atoms with Crippen molar-refractivity contribution in [3.63, 3.8) is 0 Å². The van der Waals surface area contributed by atoms with Crippen molar-refractivity contribution in [3.8, 4) is 0 Å². The van der Waals surface area contributed by atoms with Crippen LogP contribution in [-0.2, 0) is 14.8 Å². The lowest BCUT2D eigenvalue weighted by Crippen LogP contribution is -2.53. The summed E-state index contributed by atoms with van der Waals surface area (Å²) < 4.78 is 31.1.